The molecule has 1 atom stereocenters. The SMILES string of the molecule is Cc1cc(N2CCN(C(=O)[C@@H](C)Oc3cccc(Cl)c3)CC2)ccn1. The van der Waals surface area contributed by atoms with Crippen LogP contribution >= 0.6 is 11.6 Å². The predicted molar refractivity (Wildman–Crippen MR) is 99.3 cm³/mol. The fourth-order valence-corrected chi connectivity index (χ4v) is 3.14. The molecule has 132 valence electrons. The highest BCUT2D eigenvalue weighted by molar-refractivity contribution is 6.30. The molecule has 1 aromatic carbocycles. The second kappa shape index (κ2) is 7.74. The Balaban J connectivity index is 1.56. The van der Waals surface area contributed by atoms with Gasteiger partial charge in [-0.15, -0.1) is 0 Å². The van der Waals surface area contributed by atoms with E-state index in [0.29, 0.717) is 23.9 Å². The number of anilines is 1. The van der Waals surface area contributed by atoms with Crippen LogP contribution in [-0.4, -0.2) is 48.1 Å². The second-order valence-corrected chi connectivity index (χ2v) is 6.62. The molecule has 3 rings (SSSR count). The number of aromatic nitrogens is 1. The van der Waals surface area contributed by atoms with Crippen LogP contribution in [0.25, 0.3) is 0 Å². The van der Waals surface area contributed by atoms with E-state index in [2.05, 4.69) is 16.0 Å². The number of pyridine rings is 1. The molecule has 5 nitrogen and oxygen atoms in total. The van der Waals surface area contributed by atoms with Crippen molar-refractivity contribution >= 4 is 23.2 Å². The summed E-state index contributed by atoms with van der Waals surface area (Å²) >= 11 is 5.96. The van der Waals surface area contributed by atoms with E-state index in [1.165, 1.54) is 0 Å². The summed E-state index contributed by atoms with van der Waals surface area (Å²) in [4.78, 5) is 21.0. The van der Waals surface area contributed by atoms with Crippen LogP contribution in [0.4, 0.5) is 5.69 Å². The minimum Gasteiger partial charge on any atom is -0.481 e. The molecule has 2 aromatic rings. The standard InChI is InChI=1S/C19H22ClN3O2/c1-14-12-17(6-7-21-14)22-8-10-23(11-9-22)19(24)15(2)25-18-5-3-4-16(20)13-18/h3-7,12-13,15H,8-11H2,1-2H3/t15-/m1/s1. The molecule has 0 radical (unpaired) electrons. The van der Waals surface area contributed by atoms with Gasteiger partial charge in [-0.25, -0.2) is 0 Å². The van der Waals surface area contributed by atoms with Gasteiger partial charge in [0.2, 0.25) is 0 Å². The smallest absolute Gasteiger partial charge is 0.263 e. The van der Waals surface area contributed by atoms with E-state index < -0.39 is 6.10 Å². The molecule has 6 heteroatoms. The van der Waals surface area contributed by atoms with Gasteiger partial charge in [0.05, 0.1) is 0 Å². The summed E-state index contributed by atoms with van der Waals surface area (Å²) in [5.74, 6) is 0.616. The third kappa shape index (κ3) is 4.42. The Hall–Kier alpha value is -2.27. The quantitative estimate of drug-likeness (QED) is 0.841. The summed E-state index contributed by atoms with van der Waals surface area (Å²) in [6.45, 7) is 6.74. The molecule has 0 aliphatic carbocycles. The van der Waals surface area contributed by atoms with Crippen molar-refractivity contribution in [1.82, 2.24) is 9.88 Å². The molecular weight excluding hydrogens is 338 g/mol. The molecule has 0 spiro atoms. The van der Waals surface area contributed by atoms with Crippen LogP contribution in [0.2, 0.25) is 5.02 Å². The van der Waals surface area contributed by atoms with Crippen LogP contribution in [0.5, 0.6) is 5.75 Å². The molecule has 0 unspecified atom stereocenters. The Bertz CT molecular complexity index is 745. The van der Waals surface area contributed by atoms with Gasteiger partial charge in [0.1, 0.15) is 5.75 Å². The first-order chi connectivity index (χ1) is 12.0. The van der Waals surface area contributed by atoms with Crippen LogP contribution in [0.3, 0.4) is 0 Å². The fraction of sp³-hybridized carbons (Fsp3) is 0.368. The van der Waals surface area contributed by atoms with Crippen molar-refractivity contribution in [2.24, 2.45) is 0 Å². The number of ether oxygens (including phenoxy) is 1. The van der Waals surface area contributed by atoms with Crippen LogP contribution in [0.1, 0.15) is 12.6 Å². The van der Waals surface area contributed by atoms with Crippen molar-refractivity contribution in [2.75, 3.05) is 31.1 Å². The third-order valence-corrected chi connectivity index (χ3v) is 4.53. The maximum atomic E-state index is 12.6. The molecular formula is C19H22ClN3O2. The minimum atomic E-state index is -0.534. The van der Waals surface area contributed by atoms with Crippen molar-refractivity contribution in [3.63, 3.8) is 0 Å². The number of carbonyl (C=O) groups excluding carboxylic acids is 1. The van der Waals surface area contributed by atoms with Crippen LogP contribution in [0.15, 0.2) is 42.6 Å². The molecule has 1 aliphatic rings. The first-order valence-electron chi connectivity index (χ1n) is 8.41. The van der Waals surface area contributed by atoms with Gasteiger partial charge in [0.15, 0.2) is 6.10 Å². The van der Waals surface area contributed by atoms with Gasteiger partial charge >= 0.3 is 0 Å². The van der Waals surface area contributed by atoms with Gasteiger partial charge in [-0.2, -0.15) is 0 Å². The summed E-state index contributed by atoms with van der Waals surface area (Å²) in [5, 5.41) is 0.596. The number of amides is 1. The largest absolute Gasteiger partial charge is 0.481 e. The lowest BCUT2D eigenvalue weighted by atomic mass is 10.2. The topological polar surface area (TPSA) is 45.7 Å². The van der Waals surface area contributed by atoms with Crippen LogP contribution in [-0.2, 0) is 4.79 Å². The molecule has 1 fully saturated rings. The molecule has 1 aliphatic heterocycles. The van der Waals surface area contributed by atoms with Gasteiger partial charge < -0.3 is 14.5 Å². The van der Waals surface area contributed by atoms with E-state index in [0.717, 1.165) is 24.5 Å². The molecule has 0 N–H and O–H groups in total. The monoisotopic (exact) mass is 359 g/mol. The van der Waals surface area contributed by atoms with Crippen molar-refractivity contribution in [2.45, 2.75) is 20.0 Å². The maximum Gasteiger partial charge on any atom is 0.263 e. The highest BCUT2D eigenvalue weighted by Gasteiger charge is 2.26. The normalized spacial score (nSPS) is 15.8. The number of carbonyl (C=O) groups is 1. The highest BCUT2D eigenvalue weighted by atomic mass is 35.5. The number of halogens is 1. The van der Waals surface area contributed by atoms with Crippen LogP contribution < -0.4 is 9.64 Å². The molecule has 1 amide bonds. The van der Waals surface area contributed by atoms with E-state index in [4.69, 9.17) is 16.3 Å². The zero-order valence-corrected chi connectivity index (χ0v) is 15.2. The maximum absolute atomic E-state index is 12.6. The van der Waals surface area contributed by atoms with Gasteiger partial charge in [0, 0.05) is 48.8 Å². The average molecular weight is 360 g/mol. The molecule has 2 heterocycles. The van der Waals surface area contributed by atoms with Crippen molar-refractivity contribution < 1.29 is 9.53 Å². The van der Waals surface area contributed by atoms with Crippen molar-refractivity contribution in [3.8, 4) is 5.75 Å². The molecule has 1 saturated heterocycles. The van der Waals surface area contributed by atoms with Gasteiger partial charge in [-0.1, -0.05) is 17.7 Å². The lowest BCUT2D eigenvalue weighted by molar-refractivity contribution is -0.138. The number of aryl methyl sites for hydroxylation is 1. The lowest BCUT2D eigenvalue weighted by Gasteiger charge is -2.37. The molecule has 25 heavy (non-hydrogen) atoms. The Labute approximate surface area is 153 Å². The Morgan fingerprint density at radius 2 is 1.96 bits per heavy atom. The molecule has 1 aromatic heterocycles. The Morgan fingerprint density at radius 3 is 2.64 bits per heavy atom. The predicted octanol–water partition coefficient (Wildman–Crippen LogP) is 3.16. The number of hydrogen-bond acceptors (Lipinski definition) is 4. The number of hydrogen-bond donors (Lipinski definition) is 0. The molecule has 0 saturated carbocycles. The van der Waals surface area contributed by atoms with Crippen molar-refractivity contribution in [3.05, 3.63) is 53.3 Å². The zero-order chi connectivity index (χ0) is 17.8. The summed E-state index contributed by atoms with van der Waals surface area (Å²) in [5.41, 5.74) is 2.15. The van der Waals surface area contributed by atoms with E-state index >= 15 is 0 Å². The van der Waals surface area contributed by atoms with E-state index in [-0.39, 0.29) is 5.91 Å². The summed E-state index contributed by atoms with van der Waals surface area (Å²) in [6, 6.07) is 11.2. The fourth-order valence-electron chi connectivity index (χ4n) is 2.96. The number of benzene rings is 1. The zero-order valence-electron chi connectivity index (χ0n) is 14.5. The average Bonchev–Trinajstić information content (AvgIpc) is 2.61. The molecule has 0 bridgehead atoms. The first kappa shape index (κ1) is 17.5. The minimum absolute atomic E-state index is 0.00512. The second-order valence-electron chi connectivity index (χ2n) is 6.19. The highest BCUT2D eigenvalue weighted by Crippen LogP contribution is 2.20. The third-order valence-electron chi connectivity index (χ3n) is 4.29. The van der Waals surface area contributed by atoms with Crippen molar-refractivity contribution in [1.29, 1.82) is 0 Å². The van der Waals surface area contributed by atoms with Gasteiger partial charge in [0.25, 0.3) is 5.91 Å². The summed E-state index contributed by atoms with van der Waals surface area (Å²) in [6.07, 6.45) is 1.29. The summed E-state index contributed by atoms with van der Waals surface area (Å²) in [7, 11) is 0. The van der Waals surface area contributed by atoms with Crippen LogP contribution in [0, 0.1) is 6.92 Å². The van der Waals surface area contributed by atoms with E-state index in [1.54, 1.807) is 25.1 Å². The summed E-state index contributed by atoms with van der Waals surface area (Å²) < 4.78 is 5.74. The lowest BCUT2D eigenvalue weighted by Crippen LogP contribution is -2.52. The van der Waals surface area contributed by atoms with E-state index in [9.17, 15) is 4.79 Å². The van der Waals surface area contributed by atoms with Gasteiger partial charge in [-0.3, -0.25) is 9.78 Å². The Kier molecular flexibility index (Phi) is 5.43. The number of piperazine rings is 1. The van der Waals surface area contributed by atoms with Gasteiger partial charge in [-0.05, 0) is 44.2 Å². The first-order valence-corrected chi connectivity index (χ1v) is 8.79. The number of nitrogens with zero attached hydrogens (tertiary/aromatic N) is 3. The Morgan fingerprint density at radius 1 is 1.20 bits per heavy atom. The van der Waals surface area contributed by atoms with E-state index in [1.807, 2.05) is 30.2 Å². The number of rotatable bonds is 4.